The molecule has 2 N–H and O–H groups in total. The molecule has 2 aliphatic heterocycles. The third-order valence-corrected chi connectivity index (χ3v) is 13.5. The van der Waals surface area contributed by atoms with Crippen LogP contribution in [0.4, 0.5) is 4.39 Å². The van der Waals surface area contributed by atoms with E-state index in [1.807, 2.05) is 17.0 Å². The average molecular weight is 860 g/mol. The van der Waals surface area contributed by atoms with Crippen LogP contribution in [0.25, 0.3) is 0 Å². The van der Waals surface area contributed by atoms with E-state index in [9.17, 15) is 19.4 Å². The number of halogens is 1. The van der Waals surface area contributed by atoms with Crippen molar-refractivity contribution in [3.8, 4) is 11.5 Å². The fourth-order valence-corrected chi connectivity index (χ4v) is 10.3. The Morgan fingerprint density at radius 2 is 1.68 bits per heavy atom. The Morgan fingerprint density at radius 1 is 0.968 bits per heavy atom. The Kier molecular flexibility index (Phi) is 18.7. The summed E-state index contributed by atoms with van der Waals surface area (Å²) in [6.45, 7) is 10.6. The third-order valence-electron chi connectivity index (χ3n) is 13.5. The maximum atomic E-state index is 15.0. The highest BCUT2D eigenvalue weighted by molar-refractivity contribution is 6.03. The van der Waals surface area contributed by atoms with Gasteiger partial charge < -0.3 is 34.2 Å². The van der Waals surface area contributed by atoms with E-state index in [2.05, 4.69) is 30.5 Å². The first-order chi connectivity index (χ1) is 30.4. The minimum absolute atomic E-state index is 0.00803. The van der Waals surface area contributed by atoms with Crippen LogP contribution in [0.15, 0.2) is 71.9 Å². The van der Waals surface area contributed by atoms with E-state index in [1.54, 1.807) is 25.3 Å². The van der Waals surface area contributed by atoms with Gasteiger partial charge in [0.15, 0.2) is 0 Å². The minimum Gasteiger partial charge on any atom is -0.492 e. The lowest BCUT2D eigenvalue weighted by molar-refractivity contribution is -0.258. The molecule has 0 bridgehead atoms. The number of aliphatic hydroxyl groups excluding tert-OH is 2. The summed E-state index contributed by atoms with van der Waals surface area (Å²) < 4.78 is 35.3. The molecule has 2 aromatic carbocycles. The molecule has 2 aliphatic carbocycles. The molecule has 1 saturated carbocycles. The Balaban J connectivity index is 1.44. The molecule has 0 aromatic heterocycles. The summed E-state index contributed by atoms with van der Waals surface area (Å²) in [4.78, 5) is 24.9. The number of allylic oxidation sites excluding steroid dienone is 1. The van der Waals surface area contributed by atoms with Crippen molar-refractivity contribution in [2.75, 3.05) is 53.2 Å². The quantitative estimate of drug-likeness (QED) is 0.0360. The van der Waals surface area contributed by atoms with Crippen molar-refractivity contribution in [2.24, 2.45) is 22.9 Å². The van der Waals surface area contributed by atoms with Gasteiger partial charge in [0, 0.05) is 63.7 Å². The van der Waals surface area contributed by atoms with E-state index in [0.717, 1.165) is 92.7 Å². The number of amides is 1. The summed E-state index contributed by atoms with van der Waals surface area (Å²) in [6, 6.07) is 11.9. The molecule has 2 fully saturated rings. The van der Waals surface area contributed by atoms with Gasteiger partial charge in [-0.3, -0.25) is 9.69 Å². The van der Waals surface area contributed by atoms with Crippen LogP contribution >= 0.6 is 0 Å². The average Bonchev–Trinajstić information content (AvgIpc) is 4.11. The number of carbonyl (C=O) groups excluding carboxylic acids is 1. The van der Waals surface area contributed by atoms with Crippen LogP contribution in [0.3, 0.4) is 0 Å². The van der Waals surface area contributed by atoms with E-state index in [-0.39, 0.29) is 55.8 Å². The summed E-state index contributed by atoms with van der Waals surface area (Å²) in [6.07, 6.45) is 19.9. The molecule has 0 spiro atoms. The van der Waals surface area contributed by atoms with Crippen molar-refractivity contribution in [3.05, 3.63) is 83.7 Å². The van der Waals surface area contributed by atoms with Gasteiger partial charge in [0.1, 0.15) is 37.1 Å². The van der Waals surface area contributed by atoms with Crippen molar-refractivity contribution in [1.29, 1.82) is 0 Å². The lowest BCUT2D eigenvalue weighted by atomic mass is 9.55. The zero-order chi connectivity index (χ0) is 43.7. The summed E-state index contributed by atoms with van der Waals surface area (Å²) in [7, 11) is 1.56. The van der Waals surface area contributed by atoms with Crippen molar-refractivity contribution < 1.29 is 38.4 Å². The molecule has 1 amide bonds. The first-order valence-electron chi connectivity index (χ1n) is 23.9. The molecule has 342 valence electrons. The molecule has 4 aliphatic rings. The summed E-state index contributed by atoms with van der Waals surface area (Å²) in [5.74, 6) is -0.514. The number of fused-ring (bicyclic) bond motifs is 2. The van der Waals surface area contributed by atoms with Gasteiger partial charge in [-0.1, -0.05) is 101 Å². The number of nitrogens with zero attached hydrogens (tertiary/aromatic N) is 3. The van der Waals surface area contributed by atoms with Crippen molar-refractivity contribution in [2.45, 2.75) is 140 Å². The van der Waals surface area contributed by atoms with Crippen LogP contribution in [0.2, 0.25) is 0 Å². The maximum absolute atomic E-state index is 15.0. The number of carbonyl (C=O) groups is 1. The molecule has 6 atom stereocenters. The summed E-state index contributed by atoms with van der Waals surface area (Å²) >= 11 is 0. The molecule has 2 heterocycles. The van der Waals surface area contributed by atoms with Gasteiger partial charge in [-0.2, -0.15) is 0 Å². The van der Waals surface area contributed by atoms with Crippen LogP contribution in [0.5, 0.6) is 11.5 Å². The molecule has 0 radical (unpaired) electrons. The van der Waals surface area contributed by atoms with E-state index in [4.69, 9.17) is 24.2 Å². The number of aliphatic hydroxyl groups is 2. The number of rotatable bonds is 29. The highest BCUT2D eigenvalue weighted by Crippen LogP contribution is 2.62. The van der Waals surface area contributed by atoms with Crippen LogP contribution in [-0.2, 0) is 20.9 Å². The SMILES string of the molecule is C=CCOC12Oc3ccc(OCCN4CC4)cc3C3C(CCCCO)C(CCCCO)C=C(C(=NOC)CC1N(Cc1ccc(F)cc1)C(=O)CCCCCCCCCCC)C32. The molecule has 11 heteroatoms. The Bertz CT molecular complexity index is 1770. The molecule has 1 saturated heterocycles. The number of benzene rings is 2. The van der Waals surface area contributed by atoms with E-state index < -0.39 is 17.7 Å². The van der Waals surface area contributed by atoms with Gasteiger partial charge in [-0.25, -0.2) is 4.39 Å². The predicted molar refractivity (Wildman–Crippen MR) is 243 cm³/mol. The second kappa shape index (κ2) is 24.3. The van der Waals surface area contributed by atoms with Crippen molar-refractivity contribution in [3.63, 3.8) is 0 Å². The predicted octanol–water partition coefficient (Wildman–Crippen LogP) is 9.73. The zero-order valence-electron chi connectivity index (χ0n) is 37.6. The number of oxime groups is 1. The van der Waals surface area contributed by atoms with Gasteiger partial charge >= 0.3 is 0 Å². The Hall–Kier alpha value is -3.77. The second-order valence-corrected chi connectivity index (χ2v) is 17.9. The second-order valence-electron chi connectivity index (χ2n) is 17.9. The topological polar surface area (TPSA) is 113 Å². The number of ether oxygens (including phenoxy) is 3. The Labute approximate surface area is 370 Å². The first-order valence-corrected chi connectivity index (χ1v) is 23.9. The number of unbranched alkanes of at least 4 members (excludes halogenated alkanes) is 10. The molecule has 2 aromatic rings. The number of hydrogen-bond acceptors (Lipinski definition) is 9. The van der Waals surface area contributed by atoms with Gasteiger partial charge in [0.25, 0.3) is 0 Å². The normalized spacial score (nSPS) is 24.4. The van der Waals surface area contributed by atoms with Gasteiger partial charge in [-0.05, 0) is 85.4 Å². The fraction of sp³-hybridized carbons (Fsp3) is 0.647. The fourth-order valence-electron chi connectivity index (χ4n) is 10.3. The molecule has 6 rings (SSSR count). The smallest absolute Gasteiger partial charge is 0.239 e. The van der Waals surface area contributed by atoms with E-state index in [0.29, 0.717) is 38.0 Å². The third kappa shape index (κ3) is 12.3. The maximum Gasteiger partial charge on any atom is 0.239 e. The standard InChI is InChI=1S/C51H74FN3O7/c1-4-6-7-8-9-10-11-12-13-20-48(58)55(37-38-21-23-40(52)24-22-38)47-36-45(53-59-3)43-34-39(18-14-16-30-56)42(19-15-17-31-57)49-44-35-41(60-33-29-54-27-28-54)25-26-46(44)62-51(47,50(43)49)61-32-5-2/h5,21-26,34-35,39,42,47,49-50,56-57H,2,4,6-20,27-33,36-37H2,1,3H3. The molecule has 6 unspecified atom stereocenters. The monoisotopic (exact) mass is 860 g/mol. The van der Waals surface area contributed by atoms with E-state index in [1.165, 1.54) is 50.7 Å². The minimum atomic E-state index is -1.36. The summed E-state index contributed by atoms with van der Waals surface area (Å²) in [5, 5.41) is 24.6. The van der Waals surface area contributed by atoms with Gasteiger partial charge in [0.2, 0.25) is 11.7 Å². The zero-order valence-corrected chi connectivity index (χ0v) is 37.6. The highest BCUT2D eigenvalue weighted by Gasteiger charge is 2.65. The Morgan fingerprint density at radius 3 is 2.35 bits per heavy atom. The van der Waals surface area contributed by atoms with Gasteiger partial charge in [-0.15, -0.1) is 6.58 Å². The number of hydrogen-bond donors (Lipinski definition) is 2. The summed E-state index contributed by atoms with van der Waals surface area (Å²) in [5.41, 5.74) is 3.59. The first kappa shape index (κ1) is 47.7. The lowest BCUT2D eigenvalue weighted by Gasteiger charge is -2.60. The van der Waals surface area contributed by atoms with Crippen molar-refractivity contribution in [1.82, 2.24) is 9.80 Å². The van der Waals surface area contributed by atoms with Crippen LogP contribution in [0.1, 0.15) is 133 Å². The molecule has 62 heavy (non-hydrogen) atoms. The van der Waals surface area contributed by atoms with Crippen LogP contribution in [0, 0.1) is 23.6 Å². The van der Waals surface area contributed by atoms with E-state index >= 15 is 0 Å². The van der Waals surface area contributed by atoms with Crippen LogP contribution in [-0.4, -0.2) is 96.6 Å². The van der Waals surface area contributed by atoms with Gasteiger partial charge in [0.05, 0.1) is 18.2 Å². The lowest BCUT2D eigenvalue weighted by Crippen LogP contribution is -2.70. The van der Waals surface area contributed by atoms with Crippen molar-refractivity contribution >= 4 is 11.6 Å². The molecular weight excluding hydrogens is 786 g/mol. The molecule has 10 nitrogen and oxygen atoms in total. The molecular formula is C51H74FN3O7. The van der Waals surface area contributed by atoms with Crippen LogP contribution < -0.4 is 9.47 Å². The largest absolute Gasteiger partial charge is 0.492 e. The highest BCUT2D eigenvalue weighted by atomic mass is 19.1.